The highest BCUT2D eigenvalue weighted by Gasteiger charge is 2.20. The van der Waals surface area contributed by atoms with E-state index in [1.54, 1.807) is 30.5 Å². The number of thioether (sulfide) groups is 1. The fourth-order valence-electron chi connectivity index (χ4n) is 3.21. The second-order valence-electron chi connectivity index (χ2n) is 6.94. The van der Waals surface area contributed by atoms with Gasteiger partial charge in [-0.15, -0.1) is 11.8 Å². The smallest absolute Gasteiger partial charge is 0.259 e. The Morgan fingerprint density at radius 2 is 1.94 bits per heavy atom. The lowest BCUT2D eigenvalue weighted by molar-refractivity contribution is 0.102. The van der Waals surface area contributed by atoms with Crippen LogP contribution in [0.3, 0.4) is 0 Å². The van der Waals surface area contributed by atoms with Crippen LogP contribution >= 0.6 is 11.8 Å². The van der Waals surface area contributed by atoms with Gasteiger partial charge in [0.2, 0.25) is 0 Å². The number of carbonyl (C=O) groups excluding carboxylic acids is 1. The number of hydrogen-bond acceptors (Lipinski definition) is 6. The van der Waals surface area contributed by atoms with E-state index in [9.17, 15) is 15.0 Å². The average molecular weight is 433 g/mol. The zero-order chi connectivity index (χ0) is 21.8. The second kappa shape index (κ2) is 8.97. The van der Waals surface area contributed by atoms with Crippen molar-refractivity contribution in [2.24, 2.45) is 4.99 Å². The van der Waals surface area contributed by atoms with E-state index in [4.69, 9.17) is 4.74 Å². The summed E-state index contributed by atoms with van der Waals surface area (Å²) in [6.07, 6.45) is 2.25. The van der Waals surface area contributed by atoms with Gasteiger partial charge in [-0.2, -0.15) is 0 Å². The van der Waals surface area contributed by atoms with E-state index in [2.05, 4.69) is 17.0 Å². The predicted octanol–water partition coefficient (Wildman–Crippen LogP) is 5.47. The number of ether oxygens (including phenoxy) is 1. The Hall–Kier alpha value is -3.71. The van der Waals surface area contributed by atoms with Gasteiger partial charge in [-0.1, -0.05) is 24.3 Å². The number of anilines is 1. The molecule has 0 unspecified atom stereocenters. The molecule has 156 valence electrons. The number of phenolic OH excluding ortho intramolecular Hbond substituents is 2. The van der Waals surface area contributed by atoms with Gasteiger partial charge >= 0.3 is 0 Å². The number of benzene rings is 3. The Morgan fingerprint density at radius 3 is 2.74 bits per heavy atom. The van der Waals surface area contributed by atoms with Crippen LogP contribution in [0.5, 0.6) is 23.0 Å². The standard InChI is InChI=1S/C24H20N2O4S/c1-25-13-18(31-14-16-7-8-17(27)12-21(16)28)10-15-6-9-23-20(11-15)26-24(29)19-4-2-3-5-22(19)30-23/h2-9,11-13,27-28H,1,10,14H2,(H,26,29)/b18-13-. The summed E-state index contributed by atoms with van der Waals surface area (Å²) in [7, 11) is 0. The highest BCUT2D eigenvalue weighted by molar-refractivity contribution is 8.02. The van der Waals surface area contributed by atoms with Gasteiger partial charge in [0.05, 0.1) is 11.3 Å². The van der Waals surface area contributed by atoms with Gasteiger partial charge in [0.25, 0.3) is 5.91 Å². The topological polar surface area (TPSA) is 91.2 Å². The molecule has 0 saturated carbocycles. The number of allylic oxidation sites excluding steroid dienone is 1. The minimum Gasteiger partial charge on any atom is -0.508 e. The van der Waals surface area contributed by atoms with Crippen LogP contribution in [-0.2, 0) is 12.2 Å². The average Bonchev–Trinajstić information content (AvgIpc) is 2.89. The number of hydrogen-bond donors (Lipinski definition) is 3. The van der Waals surface area contributed by atoms with Crippen LogP contribution in [0.15, 0.2) is 76.8 Å². The van der Waals surface area contributed by atoms with E-state index in [1.165, 1.54) is 23.9 Å². The quantitative estimate of drug-likeness (QED) is 0.449. The zero-order valence-electron chi connectivity index (χ0n) is 16.5. The second-order valence-corrected chi connectivity index (χ2v) is 8.04. The van der Waals surface area contributed by atoms with Crippen LogP contribution in [0.2, 0.25) is 0 Å². The van der Waals surface area contributed by atoms with E-state index in [-0.39, 0.29) is 17.4 Å². The van der Waals surface area contributed by atoms with E-state index < -0.39 is 0 Å². The molecule has 1 aliphatic rings. The molecule has 0 radical (unpaired) electrons. The summed E-state index contributed by atoms with van der Waals surface area (Å²) in [6.45, 7) is 3.54. The van der Waals surface area contributed by atoms with Crippen molar-refractivity contribution in [3.05, 3.63) is 88.5 Å². The fourth-order valence-corrected chi connectivity index (χ4v) is 4.21. The molecule has 3 aromatic rings. The first kappa shape index (κ1) is 20.6. The van der Waals surface area contributed by atoms with Crippen LogP contribution in [0.25, 0.3) is 0 Å². The number of nitrogens with one attached hydrogen (secondary N) is 1. The van der Waals surface area contributed by atoms with Gasteiger partial charge in [0.15, 0.2) is 5.75 Å². The Balaban J connectivity index is 1.51. The molecule has 3 aromatic carbocycles. The first-order valence-electron chi connectivity index (χ1n) is 9.53. The molecule has 0 fully saturated rings. The zero-order valence-corrected chi connectivity index (χ0v) is 17.4. The van der Waals surface area contributed by atoms with Gasteiger partial charge < -0.3 is 20.3 Å². The number of nitrogens with zero attached hydrogens (tertiary/aromatic N) is 1. The molecule has 0 spiro atoms. The highest BCUT2D eigenvalue weighted by Crippen LogP contribution is 2.37. The van der Waals surface area contributed by atoms with Crippen molar-refractivity contribution >= 4 is 30.1 Å². The molecule has 0 saturated heterocycles. The van der Waals surface area contributed by atoms with Crippen LogP contribution in [0.1, 0.15) is 21.5 Å². The van der Waals surface area contributed by atoms with Gasteiger partial charge in [0, 0.05) is 34.9 Å². The number of para-hydroxylation sites is 1. The molecule has 6 nitrogen and oxygen atoms in total. The molecule has 4 rings (SSSR count). The lowest BCUT2D eigenvalue weighted by Gasteiger charge is -2.12. The molecular formula is C24H20N2O4S. The summed E-state index contributed by atoms with van der Waals surface area (Å²) in [5.41, 5.74) is 2.76. The number of rotatable bonds is 6. The number of amides is 1. The van der Waals surface area contributed by atoms with Crippen molar-refractivity contribution in [1.82, 2.24) is 0 Å². The van der Waals surface area contributed by atoms with E-state index >= 15 is 0 Å². The summed E-state index contributed by atoms with van der Waals surface area (Å²) >= 11 is 1.51. The molecule has 3 N–H and O–H groups in total. The van der Waals surface area contributed by atoms with Crippen LogP contribution in [0, 0.1) is 0 Å². The van der Waals surface area contributed by atoms with E-state index in [0.29, 0.717) is 40.5 Å². The van der Waals surface area contributed by atoms with Crippen molar-refractivity contribution in [3.8, 4) is 23.0 Å². The highest BCUT2D eigenvalue weighted by atomic mass is 32.2. The third kappa shape index (κ3) is 4.73. The normalized spacial score (nSPS) is 12.8. The molecule has 0 atom stereocenters. The van der Waals surface area contributed by atoms with Gasteiger partial charge in [-0.05, 0) is 42.6 Å². The number of aliphatic imine (C=N–C) groups is 1. The Kier molecular flexibility index (Phi) is 5.95. The molecule has 1 heterocycles. The van der Waals surface area contributed by atoms with Crippen molar-refractivity contribution in [1.29, 1.82) is 0 Å². The molecule has 31 heavy (non-hydrogen) atoms. The molecule has 7 heteroatoms. The summed E-state index contributed by atoms with van der Waals surface area (Å²) in [5.74, 6) is 1.46. The van der Waals surface area contributed by atoms with Crippen LogP contribution < -0.4 is 10.1 Å². The SMILES string of the molecule is C=N/C=C(/Cc1ccc2c(c1)NC(=O)c1ccccc1O2)SCc1ccc(O)cc1O. The number of carbonyl (C=O) groups is 1. The van der Waals surface area contributed by atoms with Crippen LogP contribution in [-0.4, -0.2) is 22.8 Å². The van der Waals surface area contributed by atoms with Gasteiger partial charge in [-0.3, -0.25) is 9.79 Å². The number of aromatic hydroxyl groups is 2. The molecular weight excluding hydrogens is 412 g/mol. The first-order valence-corrected chi connectivity index (χ1v) is 10.5. The van der Waals surface area contributed by atoms with Crippen molar-refractivity contribution in [3.63, 3.8) is 0 Å². The van der Waals surface area contributed by atoms with Crippen molar-refractivity contribution in [2.45, 2.75) is 12.2 Å². The third-order valence-electron chi connectivity index (χ3n) is 4.74. The fraction of sp³-hybridized carbons (Fsp3) is 0.0833. The lowest BCUT2D eigenvalue weighted by Crippen LogP contribution is -2.10. The molecule has 1 aliphatic heterocycles. The third-order valence-corrected chi connectivity index (χ3v) is 5.82. The van der Waals surface area contributed by atoms with Gasteiger partial charge in [0.1, 0.15) is 17.2 Å². The molecule has 1 amide bonds. The number of fused-ring (bicyclic) bond motifs is 2. The number of phenols is 2. The largest absolute Gasteiger partial charge is 0.508 e. The summed E-state index contributed by atoms with van der Waals surface area (Å²) in [4.78, 5) is 17.4. The summed E-state index contributed by atoms with van der Waals surface area (Å²) < 4.78 is 5.93. The maximum atomic E-state index is 12.5. The van der Waals surface area contributed by atoms with Crippen molar-refractivity contribution < 1.29 is 19.7 Å². The molecule has 0 aromatic heterocycles. The van der Waals surface area contributed by atoms with Crippen molar-refractivity contribution in [2.75, 3.05) is 5.32 Å². The summed E-state index contributed by atoms with van der Waals surface area (Å²) in [6, 6.07) is 17.3. The minimum absolute atomic E-state index is 0.0196. The van der Waals surface area contributed by atoms with E-state index in [0.717, 1.165) is 10.5 Å². The Morgan fingerprint density at radius 1 is 1.10 bits per heavy atom. The van der Waals surface area contributed by atoms with Gasteiger partial charge in [-0.25, -0.2) is 0 Å². The lowest BCUT2D eigenvalue weighted by atomic mass is 10.1. The first-order chi connectivity index (χ1) is 15.0. The predicted molar refractivity (Wildman–Crippen MR) is 123 cm³/mol. The maximum absolute atomic E-state index is 12.5. The molecule has 0 bridgehead atoms. The Labute approximate surface area is 183 Å². The van der Waals surface area contributed by atoms with E-state index in [1.807, 2.05) is 24.3 Å². The summed E-state index contributed by atoms with van der Waals surface area (Å²) in [5, 5.41) is 22.4. The molecule has 0 aliphatic carbocycles. The monoisotopic (exact) mass is 432 g/mol. The van der Waals surface area contributed by atoms with Crippen LogP contribution in [0.4, 0.5) is 5.69 Å². The Bertz CT molecular complexity index is 1190. The minimum atomic E-state index is -0.216. The maximum Gasteiger partial charge on any atom is 0.259 e.